The fraction of sp³-hybridized carbons (Fsp3) is 0.333. The molecule has 2 amide bonds. The van der Waals surface area contributed by atoms with Crippen LogP contribution in [-0.4, -0.2) is 17.9 Å². The fourth-order valence-electron chi connectivity index (χ4n) is 1.75. The minimum atomic E-state index is -0.417. The van der Waals surface area contributed by atoms with Crippen molar-refractivity contribution in [3.63, 3.8) is 0 Å². The summed E-state index contributed by atoms with van der Waals surface area (Å²) in [6, 6.07) is 7.25. The van der Waals surface area contributed by atoms with E-state index in [1.165, 1.54) is 0 Å². The maximum Gasteiger partial charge on any atom is 0.260 e. The van der Waals surface area contributed by atoms with E-state index in [1.807, 2.05) is 31.2 Å². The number of amides is 2. The second-order valence-corrected chi connectivity index (χ2v) is 4.14. The van der Waals surface area contributed by atoms with Crippen LogP contribution < -0.4 is 16.2 Å². The summed E-state index contributed by atoms with van der Waals surface area (Å²) in [5.74, 6) is -0.280. The number of nitrogens with one attached hydrogen (secondary N) is 3. The van der Waals surface area contributed by atoms with Crippen molar-refractivity contribution >= 4 is 17.5 Å². The van der Waals surface area contributed by atoms with Crippen molar-refractivity contribution in [3.05, 3.63) is 29.8 Å². The molecule has 1 aromatic carbocycles. The lowest BCUT2D eigenvalue weighted by Crippen LogP contribution is -2.43. The first kappa shape index (κ1) is 11.4. The molecule has 1 saturated heterocycles. The van der Waals surface area contributed by atoms with Crippen LogP contribution in [0.1, 0.15) is 18.4 Å². The normalized spacial score (nSPS) is 18.6. The van der Waals surface area contributed by atoms with E-state index in [0.717, 1.165) is 11.3 Å². The van der Waals surface area contributed by atoms with Crippen LogP contribution in [-0.2, 0) is 9.59 Å². The van der Waals surface area contributed by atoms with Crippen LogP contribution in [0.25, 0.3) is 0 Å². The quantitative estimate of drug-likeness (QED) is 0.674. The number of hydrogen-bond acceptors (Lipinski definition) is 3. The molecule has 1 aromatic rings. The summed E-state index contributed by atoms with van der Waals surface area (Å²) >= 11 is 0. The lowest BCUT2D eigenvalue weighted by Gasteiger charge is -2.12. The number of carbonyl (C=O) groups excluding carboxylic acids is 2. The van der Waals surface area contributed by atoms with Gasteiger partial charge in [0.25, 0.3) is 5.91 Å². The fourth-order valence-corrected chi connectivity index (χ4v) is 1.75. The molecule has 3 N–H and O–H groups in total. The molecule has 0 radical (unpaired) electrons. The molecule has 1 aliphatic rings. The van der Waals surface area contributed by atoms with E-state index in [1.54, 1.807) is 0 Å². The number of carbonyl (C=O) groups is 2. The van der Waals surface area contributed by atoms with E-state index in [2.05, 4.69) is 16.2 Å². The Labute approximate surface area is 99.6 Å². The first-order valence-corrected chi connectivity index (χ1v) is 5.57. The molecule has 5 heteroatoms. The van der Waals surface area contributed by atoms with Gasteiger partial charge in [0, 0.05) is 6.42 Å². The largest absolute Gasteiger partial charge is 0.344 e. The van der Waals surface area contributed by atoms with Gasteiger partial charge in [0.2, 0.25) is 5.91 Å². The summed E-state index contributed by atoms with van der Waals surface area (Å²) in [6.45, 7) is 1.98. The molecular weight excluding hydrogens is 218 g/mol. The molecule has 1 unspecified atom stereocenters. The summed E-state index contributed by atoms with van der Waals surface area (Å²) in [4.78, 5) is 22.6. The van der Waals surface area contributed by atoms with E-state index in [0.29, 0.717) is 12.8 Å². The third-order valence-corrected chi connectivity index (χ3v) is 2.66. The van der Waals surface area contributed by atoms with Crippen LogP contribution >= 0.6 is 0 Å². The van der Waals surface area contributed by atoms with Crippen molar-refractivity contribution in [2.75, 3.05) is 5.43 Å². The minimum absolute atomic E-state index is 0.0688. The minimum Gasteiger partial charge on any atom is -0.344 e. The van der Waals surface area contributed by atoms with Crippen molar-refractivity contribution in [2.24, 2.45) is 0 Å². The van der Waals surface area contributed by atoms with Gasteiger partial charge >= 0.3 is 0 Å². The molecule has 0 spiro atoms. The summed E-state index contributed by atoms with van der Waals surface area (Å²) < 4.78 is 0. The lowest BCUT2D eigenvalue weighted by atomic mass is 10.2. The standard InChI is InChI=1S/C12H15N3O2/c1-8-3-2-4-9(7-8)14-15-12(17)10-5-6-11(16)13-10/h2-4,7,10,14H,5-6H2,1H3,(H,13,16)(H,15,17). The third-order valence-electron chi connectivity index (χ3n) is 2.66. The Morgan fingerprint density at radius 3 is 2.94 bits per heavy atom. The van der Waals surface area contributed by atoms with E-state index >= 15 is 0 Å². The van der Waals surface area contributed by atoms with Crippen LogP contribution in [0.4, 0.5) is 5.69 Å². The highest BCUT2D eigenvalue weighted by Crippen LogP contribution is 2.09. The lowest BCUT2D eigenvalue weighted by molar-refractivity contribution is -0.125. The van der Waals surface area contributed by atoms with E-state index < -0.39 is 6.04 Å². The summed E-state index contributed by atoms with van der Waals surface area (Å²) in [7, 11) is 0. The van der Waals surface area contributed by atoms with Gasteiger partial charge < -0.3 is 5.32 Å². The highest BCUT2D eigenvalue weighted by Gasteiger charge is 2.26. The Balaban J connectivity index is 1.86. The Kier molecular flexibility index (Phi) is 3.27. The second kappa shape index (κ2) is 4.86. The molecule has 1 heterocycles. The monoisotopic (exact) mass is 233 g/mol. The van der Waals surface area contributed by atoms with E-state index in [-0.39, 0.29) is 11.8 Å². The van der Waals surface area contributed by atoms with Gasteiger partial charge in [-0.25, -0.2) is 0 Å². The van der Waals surface area contributed by atoms with E-state index in [9.17, 15) is 9.59 Å². The third kappa shape index (κ3) is 2.96. The predicted octanol–water partition coefficient (Wildman–Crippen LogP) is 0.717. The first-order valence-electron chi connectivity index (χ1n) is 5.57. The smallest absolute Gasteiger partial charge is 0.260 e. The maximum absolute atomic E-state index is 11.7. The number of aryl methyl sites for hydroxylation is 1. The van der Waals surface area contributed by atoms with Crippen molar-refractivity contribution in [1.29, 1.82) is 0 Å². The van der Waals surface area contributed by atoms with Crippen molar-refractivity contribution in [3.8, 4) is 0 Å². The second-order valence-electron chi connectivity index (χ2n) is 4.14. The van der Waals surface area contributed by atoms with Crippen molar-refractivity contribution < 1.29 is 9.59 Å². The highest BCUT2D eigenvalue weighted by atomic mass is 16.2. The first-order chi connectivity index (χ1) is 8.15. The molecule has 0 aliphatic carbocycles. The van der Waals surface area contributed by atoms with Gasteiger partial charge in [-0.1, -0.05) is 12.1 Å². The Bertz CT molecular complexity index is 445. The molecule has 17 heavy (non-hydrogen) atoms. The Morgan fingerprint density at radius 2 is 2.29 bits per heavy atom. The van der Waals surface area contributed by atoms with Gasteiger partial charge in [0.1, 0.15) is 6.04 Å². The van der Waals surface area contributed by atoms with Gasteiger partial charge in [-0.15, -0.1) is 0 Å². The number of anilines is 1. The molecule has 0 aromatic heterocycles. The van der Waals surface area contributed by atoms with Crippen LogP contribution in [0.3, 0.4) is 0 Å². The van der Waals surface area contributed by atoms with Gasteiger partial charge in [0.05, 0.1) is 5.69 Å². The average Bonchev–Trinajstić information content (AvgIpc) is 2.73. The number of rotatable bonds is 3. The Hall–Kier alpha value is -2.04. The summed E-state index contributed by atoms with van der Waals surface area (Å²) in [5.41, 5.74) is 7.34. The molecule has 1 fully saturated rings. The zero-order valence-electron chi connectivity index (χ0n) is 9.62. The SMILES string of the molecule is Cc1cccc(NNC(=O)C2CCC(=O)N2)c1. The molecule has 2 rings (SSSR count). The topological polar surface area (TPSA) is 70.2 Å². The zero-order valence-corrected chi connectivity index (χ0v) is 9.62. The van der Waals surface area contributed by atoms with Crippen LogP contribution in [0.5, 0.6) is 0 Å². The summed E-state index contributed by atoms with van der Waals surface area (Å²) in [6.07, 6.45) is 0.975. The molecular formula is C12H15N3O2. The van der Waals surface area contributed by atoms with Gasteiger partial charge in [-0.2, -0.15) is 0 Å². The predicted molar refractivity (Wildman–Crippen MR) is 64.1 cm³/mol. The number of hydrogen-bond donors (Lipinski definition) is 3. The molecule has 0 saturated carbocycles. The van der Waals surface area contributed by atoms with Crippen molar-refractivity contribution in [2.45, 2.75) is 25.8 Å². The molecule has 0 bridgehead atoms. The molecule has 90 valence electrons. The van der Waals surface area contributed by atoms with Gasteiger partial charge in [-0.05, 0) is 31.0 Å². The van der Waals surface area contributed by atoms with Gasteiger partial charge in [0.15, 0.2) is 0 Å². The molecule has 5 nitrogen and oxygen atoms in total. The highest BCUT2D eigenvalue weighted by molar-refractivity contribution is 5.91. The maximum atomic E-state index is 11.7. The zero-order chi connectivity index (χ0) is 12.3. The van der Waals surface area contributed by atoms with Crippen molar-refractivity contribution in [1.82, 2.24) is 10.7 Å². The Morgan fingerprint density at radius 1 is 1.47 bits per heavy atom. The van der Waals surface area contributed by atoms with Crippen LogP contribution in [0.15, 0.2) is 24.3 Å². The molecule has 1 atom stereocenters. The van der Waals surface area contributed by atoms with Gasteiger partial charge in [-0.3, -0.25) is 20.4 Å². The number of hydrazine groups is 1. The van der Waals surface area contributed by atoms with Crippen LogP contribution in [0.2, 0.25) is 0 Å². The van der Waals surface area contributed by atoms with E-state index in [4.69, 9.17) is 0 Å². The van der Waals surface area contributed by atoms with Crippen LogP contribution in [0, 0.1) is 6.92 Å². The number of benzene rings is 1. The summed E-state index contributed by atoms with van der Waals surface area (Å²) in [5, 5.41) is 2.61. The molecule has 1 aliphatic heterocycles. The average molecular weight is 233 g/mol.